The minimum Gasteiger partial charge on any atom is -0.394 e. The van der Waals surface area contributed by atoms with Gasteiger partial charge in [-0.05, 0) is 52.9 Å². The van der Waals surface area contributed by atoms with E-state index in [0.29, 0.717) is 5.92 Å². The van der Waals surface area contributed by atoms with Crippen LogP contribution in [0.1, 0.15) is 24.6 Å². The Balaban J connectivity index is 2.04. The van der Waals surface area contributed by atoms with E-state index in [1.54, 1.807) is 22.3 Å². The Morgan fingerprint density at radius 1 is 1.63 bits per heavy atom. The molecule has 1 aromatic rings. The first-order chi connectivity index (χ1) is 9.11. The number of thiophene rings is 1. The Morgan fingerprint density at radius 2 is 2.42 bits per heavy atom. The summed E-state index contributed by atoms with van der Waals surface area (Å²) in [6.45, 7) is 2.89. The molecule has 19 heavy (non-hydrogen) atoms. The fraction of sp³-hybridized carbons (Fsp3) is 0.500. The predicted octanol–water partition coefficient (Wildman–Crippen LogP) is 3.14. The Bertz CT molecular complexity index is 472. The summed E-state index contributed by atoms with van der Waals surface area (Å²) < 4.78 is 1.06. The zero-order valence-corrected chi connectivity index (χ0v) is 13.3. The third-order valence-electron chi connectivity index (χ3n) is 3.57. The standard InChI is InChI=1S/C14H18BrNO2S/c1-10-3-2-8-16(12(10)9-17)14(18)7-5-11-4-6-13(15)19-11/h4-7,10,12,17H,2-3,8-9H2,1H3/b7-5+. The number of hydrogen-bond acceptors (Lipinski definition) is 3. The Labute approximate surface area is 126 Å². The van der Waals surface area contributed by atoms with Crippen LogP contribution in [-0.2, 0) is 4.79 Å². The molecule has 2 rings (SSSR count). The second-order valence-corrected chi connectivity index (χ2v) is 7.37. The van der Waals surface area contributed by atoms with E-state index >= 15 is 0 Å². The zero-order valence-electron chi connectivity index (χ0n) is 10.9. The van der Waals surface area contributed by atoms with Gasteiger partial charge >= 0.3 is 0 Å². The number of likely N-dealkylation sites (tertiary alicyclic amines) is 1. The lowest BCUT2D eigenvalue weighted by molar-refractivity contribution is -0.132. The molecule has 5 heteroatoms. The van der Waals surface area contributed by atoms with Crippen LogP contribution in [0, 0.1) is 5.92 Å². The van der Waals surface area contributed by atoms with Gasteiger partial charge in [-0.1, -0.05) is 6.92 Å². The van der Waals surface area contributed by atoms with Gasteiger partial charge < -0.3 is 10.0 Å². The van der Waals surface area contributed by atoms with Crippen molar-refractivity contribution in [2.75, 3.05) is 13.2 Å². The van der Waals surface area contributed by atoms with Gasteiger partial charge in [-0.3, -0.25) is 4.79 Å². The summed E-state index contributed by atoms with van der Waals surface area (Å²) in [7, 11) is 0. The predicted molar refractivity (Wildman–Crippen MR) is 82.0 cm³/mol. The summed E-state index contributed by atoms with van der Waals surface area (Å²) >= 11 is 4.99. The third-order valence-corrected chi connectivity index (χ3v) is 5.16. The van der Waals surface area contributed by atoms with Crippen molar-refractivity contribution in [1.82, 2.24) is 4.90 Å². The summed E-state index contributed by atoms with van der Waals surface area (Å²) in [4.78, 5) is 15.1. The maximum atomic E-state index is 12.2. The van der Waals surface area contributed by atoms with Crippen molar-refractivity contribution >= 4 is 39.2 Å². The van der Waals surface area contributed by atoms with Gasteiger partial charge in [0.25, 0.3) is 0 Å². The van der Waals surface area contributed by atoms with Crippen molar-refractivity contribution in [2.45, 2.75) is 25.8 Å². The van der Waals surface area contributed by atoms with E-state index in [-0.39, 0.29) is 18.6 Å². The van der Waals surface area contributed by atoms with Crippen LogP contribution in [-0.4, -0.2) is 35.1 Å². The number of aliphatic hydroxyl groups excluding tert-OH is 1. The summed E-state index contributed by atoms with van der Waals surface area (Å²) in [5.74, 6) is 0.363. The van der Waals surface area contributed by atoms with Crippen LogP contribution in [0.2, 0.25) is 0 Å². The number of carbonyl (C=O) groups is 1. The number of rotatable bonds is 3. The van der Waals surface area contributed by atoms with Crippen LogP contribution >= 0.6 is 27.3 Å². The molecular weight excluding hydrogens is 326 g/mol. The highest BCUT2D eigenvalue weighted by Crippen LogP contribution is 2.25. The SMILES string of the molecule is CC1CCCN(C(=O)/C=C/c2ccc(Br)s2)C1CO. The Morgan fingerprint density at radius 3 is 3.05 bits per heavy atom. The number of aliphatic hydroxyl groups is 1. The fourth-order valence-corrected chi connectivity index (χ4v) is 3.79. The van der Waals surface area contributed by atoms with Crippen LogP contribution in [0.4, 0.5) is 0 Å². The molecule has 0 aromatic carbocycles. The van der Waals surface area contributed by atoms with Crippen molar-refractivity contribution in [3.63, 3.8) is 0 Å². The third kappa shape index (κ3) is 3.68. The van der Waals surface area contributed by atoms with Crippen molar-refractivity contribution in [1.29, 1.82) is 0 Å². The number of amides is 1. The molecule has 1 aliphatic rings. The maximum absolute atomic E-state index is 12.2. The van der Waals surface area contributed by atoms with Crippen LogP contribution in [0.25, 0.3) is 6.08 Å². The molecule has 2 heterocycles. The number of halogens is 1. The van der Waals surface area contributed by atoms with Gasteiger partial charge in [0.2, 0.25) is 5.91 Å². The average Bonchev–Trinajstić information content (AvgIpc) is 2.81. The van der Waals surface area contributed by atoms with Gasteiger partial charge in [-0.2, -0.15) is 0 Å². The van der Waals surface area contributed by atoms with Gasteiger partial charge in [-0.15, -0.1) is 11.3 Å². The van der Waals surface area contributed by atoms with Crippen LogP contribution < -0.4 is 0 Å². The average molecular weight is 344 g/mol. The Kier molecular flexibility index (Phi) is 5.19. The molecule has 1 aromatic heterocycles. The second kappa shape index (κ2) is 6.68. The molecule has 0 radical (unpaired) electrons. The molecule has 1 amide bonds. The quantitative estimate of drug-likeness (QED) is 0.856. The molecular formula is C14H18BrNO2S. The molecule has 3 nitrogen and oxygen atoms in total. The number of nitrogens with zero attached hydrogens (tertiary/aromatic N) is 1. The molecule has 0 saturated carbocycles. The van der Waals surface area contributed by atoms with E-state index in [1.165, 1.54) is 0 Å². The largest absolute Gasteiger partial charge is 0.394 e. The molecule has 1 aliphatic heterocycles. The Hall–Kier alpha value is -0.650. The molecule has 2 unspecified atom stereocenters. The summed E-state index contributed by atoms with van der Waals surface area (Å²) in [6, 6.07) is 3.90. The molecule has 0 aliphatic carbocycles. The van der Waals surface area contributed by atoms with Crippen molar-refractivity contribution in [3.8, 4) is 0 Å². The van der Waals surface area contributed by atoms with Gasteiger partial charge in [0.05, 0.1) is 16.4 Å². The molecule has 2 atom stereocenters. The highest BCUT2D eigenvalue weighted by molar-refractivity contribution is 9.11. The van der Waals surface area contributed by atoms with Gasteiger partial charge in [0.1, 0.15) is 0 Å². The first-order valence-corrected chi connectivity index (χ1v) is 8.07. The van der Waals surface area contributed by atoms with Gasteiger partial charge in [0, 0.05) is 17.5 Å². The lowest BCUT2D eigenvalue weighted by atomic mass is 9.91. The van der Waals surface area contributed by atoms with Crippen LogP contribution in [0.15, 0.2) is 22.0 Å². The minimum absolute atomic E-state index is 0.00452. The van der Waals surface area contributed by atoms with Crippen molar-refractivity contribution < 1.29 is 9.90 Å². The maximum Gasteiger partial charge on any atom is 0.246 e. The molecule has 0 spiro atoms. The molecule has 1 N–H and O–H groups in total. The number of piperidine rings is 1. The van der Waals surface area contributed by atoms with E-state index in [4.69, 9.17) is 0 Å². The van der Waals surface area contributed by atoms with Gasteiger partial charge in [-0.25, -0.2) is 0 Å². The lowest BCUT2D eigenvalue weighted by Gasteiger charge is -2.38. The van der Waals surface area contributed by atoms with E-state index in [1.807, 2.05) is 18.2 Å². The van der Waals surface area contributed by atoms with E-state index in [0.717, 1.165) is 28.0 Å². The van der Waals surface area contributed by atoms with Gasteiger partial charge in [0.15, 0.2) is 0 Å². The lowest BCUT2D eigenvalue weighted by Crippen LogP contribution is -2.49. The van der Waals surface area contributed by atoms with E-state index < -0.39 is 0 Å². The highest BCUT2D eigenvalue weighted by Gasteiger charge is 2.30. The van der Waals surface area contributed by atoms with Crippen LogP contribution in [0.5, 0.6) is 0 Å². The fourth-order valence-electron chi connectivity index (χ4n) is 2.47. The van der Waals surface area contributed by atoms with Crippen molar-refractivity contribution in [2.24, 2.45) is 5.92 Å². The molecule has 0 bridgehead atoms. The van der Waals surface area contributed by atoms with Crippen molar-refractivity contribution in [3.05, 3.63) is 26.9 Å². The molecule has 1 saturated heterocycles. The van der Waals surface area contributed by atoms with E-state index in [9.17, 15) is 9.90 Å². The van der Waals surface area contributed by atoms with E-state index in [2.05, 4.69) is 22.9 Å². The normalized spacial score (nSPS) is 24.1. The number of carbonyl (C=O) groups excluding carboxylic acids is 1. The van der Waals surface area contributed by atoms with Crippen LogP contribution in [0.3, 0.4) is 0 Å². The first-order valence-electron chi connectivity index (χ1n) is 6.46. The minimum atomic E-state index is -0.0408. The summed E-state index contributed by atoms with van der Waals surface area (Å²) in [5, 5.41) is 9.45. The summed E-state index contributed by atoms with van der Waals surface area (Å²) in [6.07, 6.45) is 5.54. The second-order valence-electron chi connectivity index (χ2n) is 4.88. The topological polar surface area (TPSA) is 40.5 Å². The summed E-state index contributed by atoms with van der Waals surface area (Å²) in [5.41, 5.74) is 0. The highest BCUT2D eigenvalue weighted by atomic mass is 79.9. The molecule has 1 fully saturated rings. The smallest absolute Gasteiger partial charge is 0.246 e. The monoisotopic (exact) mass is 343 g/mol. The first kappa shape index (κ1) is 14.8. The molecule has 104 valence electrons. The number of hydrogen-bond donors (Lipinski definition) is 1. The zero-order chi connectivity index (χ0) is 13.8.